The highest BCUT2D eigenvalue weighted by atomic mass is 35.5. The average Bonchev–Trinajstić information content (AvgIpc) is 2.51. The Hall–Kier alpha value is -0.290. The lowest BCUT2D eigenvalue weighted by Crippen LogP contribution is -1.91. The second-order valence-electron chi connectivity index (χ2n) is 2.30. The summed E-state index contributed by atoms with van der Waals surface area (Å²) in [7, 11) is 0. The Morgan fingerprint density at radius 3 is 2.62 bits per heavy atom. The fourth-order valence-corrected chi connectivity index (χ4v) is 3.96. The fourth-order valence-electron chi connectivity index (χ4n) is 0.972. The van der Waals surface area contributed by atoms with E-state index in [-0.39, 0.29) is 9.90 Å². The maximum absolute atomic E-state index is 10.7. The third-order valence-corrected chi connectivity index (χ3v) is 4.54. The van der Waals surface area contributed by atoms with E-state index in [4.69, 9.17) is 28.3 Å². The van der Waals surface area contributed by atoms with Crippen LogP contribution in [0.25, 0.3) is 9.40 Å². The van der Waals surface area contributed by atoms with Gasteiger partial charge in [-0.3, -0.25) is 0 Å². The SMILES string of the molecule is O=C(O)c1sc2sc(Cl)cc2c1Cl. The molecule has 2 aromatic heterocycles. The average molecular weight is 253 g/mol. The van der Waals surface area contributed by atoms with Crippen molar-refractivity contribution in [3.63, 3.8) is 0 Å². The second kappa shape index (κ2) is 3.13. The van der Waals surface area contributed by atoms with Crippen LogP contribution in [0.3, 0.4) is 0 Å². The van der Waals surface area contributed by atoms with Gasteiger partial charge in [-0.05, 0) is 6.07 Å². The van der Waals surface area contributed by atoms with Crippen LogP contribution in [0.5, 0.6) is 0 Å². The first kappa shape index (κ1) is 9.27. The molecule has 0 fully saturated rings. The predicted molar refractivity (Wildman–Crippen MR) is 56.7 cm³/mol. The van der Waals surface area contributed by atoms with Crippen LogP contribution < -0.4 is 0 Å². The summed E-state index contributed by atoms with van der Waals surface area (Å²) in [6.07, 6.45) is 0. The Balaban J connectivity index is 2.76. The molecule has 1 N–H and O–H groups in total. The van der Waals surface area contributed by atoms with Crippen molar-refractivity contribution in [3.05, 3.63) is 20.3 Å². The number of hydrogen-bond donors (Lipinski definition) is 1. The summed E-state index contributed by atoms with van der Waals surface area (Å²) in [5, 5.41) is 9.77. The largest absolute Gasteiger partial charge is 0.477 e. The van der Waals surface area contributed by atoms with Crippen molar-refractivity contribution in [2.75, 3.05) is 0 Å². The van der Waals surface area contributed by atoms with Crippen molar-refractivity contribution < 1.29 is 9.90 Å². The number of halogens is 2. The minimum absolute atomic E-state index is 0.180. The third-order valence-electron chi connectivity index (χ3n) is 1.49. The molecular weight excluding hydrogens is 251 g/mol. The number of carboxylic acids is 1. The minimum Gasteiger partial charge on any atom is -0.477 e. The monoisotopic (exact) mass is 252 g/mol. The van der Waals surface area contributed by atoms with E-state index in [1.54, 1.807) is 6.07 Å². The molecule has 2 rings (SSSR count). The lowest BCUT2D eigenvalue weighted by Gasteiger charge is -1.86. The van der Waals surface area contributed by atoms with Gasteiger partial charge in [-0.1, -0.05) is 23.2 Å². The number of carbonyl (C=O) groups is 1. The van der Waals surface area contributed by atoms with Crippen molar-refractivity contribution in [1.29, 1.82) is 0 Å². The molecule has 0 aromatic carbocycles. The van der Waals surface area contributed by atoms with Crippen LogP contribution in [0.2, 0.25) is 9.36 Å². The zero-order valence-corrected chi connectivity index (χ0v) is 9.15. The molecule has 0 saturated carbocycles. The summed E-state index contributed by atoms with van der Waals surface area (Å²) < 4.78 is 1.48. The van der Waals surface area contributed by atoms with E-state index >= 15 is 0 Å². The fraction of sp³-hybridized carbons (Fsp3) is 0. The summed E-state index contributed by atoms with van der Waals surface area (Å²) in [6, 6.07) is 1.69. The molecular formula is C7H2Cl2O2S2. The summed E-state index contributed by atoms with van der Waals surface area (Å²) >= 11 is 14.1. The highest BCUT2D eigenvalue weighted by Crippen LogP contribution is 2.42. The van der Waals surface area contributed by atoms with Gasteiger partial charge < -0.3 is 5.11 Å². The Bertz CT molecular complexity index is 486. The smallest absolute Gasteiger partial charge is 0.347 e. The topological polar surface area (TPSA) is 37.3 Å². The van der Waals surface area contributed by atoms with Crippen molar-refractivity contribution in [3.8, 4) is 0 Å². The molecule has 0 amide bonds. The van der Waals surface area contributed by atoms with Crippen LogP contribution in [0.15, 0.2) is 6.07 Å². The second-order valence-corrected chi connectivity index (χ2v) is 5.64. The number of carboxylic acid groups (broad SMARTS) is 1. The van der Waals surface area contributed by atoms with Gasteiger partial charge in [0.1, 0.15) is 4.88 Å². The maximum Gasteiger partial charge on any atom is 0.347 e. The molecule has 0 aliphatic rings. The highest BCUT2D eigenvalue weighted by molar-refractivity contribution is 7.40. The molecule has 68 valence electrons. The molecule has 0 bridgehead atoms. The first-order valence-corrected chi connectivity index (χ1v) is 5.59. The van der Waals surface area contributed by atoms with Gasteiger partial charge in [0.15, 0.2) is 0 Å². The first-order chi connectivity index (χ1) is 6.09. The van der Waals surface area contributed by atoms with Crippen molar-refractivity contribution >= 4 is 61.2 Å². The first-order valence-electron chi connectivity index (χ1n) is 3.20. The van der Waals surface area contributed by atoms with E-state index in [1.807, 2.05) is 0 Å². The lowest BCUT2D eigenvalue weighted by atomic mass is 10.3. The van der Waals surface area contributed by atoms with E-state index < -0.39 is 5.97 Å². The summed E-state index contributed by atoms with van der Waals surface area (Å²) in [5.41, 5.74) is 0. The van der Waals surface area contributed by atoms with Crippen LogP contribution >= 0.6 is 45.9 Å². The molecule has 0 radical (unpaired) electrons. The summed E-state index contributed by atoms with van der Waals surface area (Å²) in [4.78, 5) is 10.9. The predicted octanol–water partition coefficient (Wildman–Crippen LogP) is 3.97. The third kappa shape index (κ3) is 1.44. The van der Waals surface area contributed by atoms with Gasteiger partial charge in [0.05, 0.1) is 13.4 Å². The van der Waals surface area contributed by atoms with Crippen molar-refractivity contribution in [2.45, 2.75) is 0 Å². The van der Waals surface area contributed by atoms with E-state index in [0.717, 1.165) is 20.7 Å². The lowest BCUT2D eigenvalue weighted by molar-refractivity contribution is 0.0702. The van der Waals surface area contributed by atoms with Crippen LogP contribution in [-0.2, 0) is 0 Å². The molecule has 0 atom stereocenters. The van der Waals surface area contributed by atoms with Crippen molar-refractivity contribution in [2.24, 2.45) is 0 Å². The molecule has 2 nitrogen and oxygen atoms in total. The van der Waals surface area contributed by atoms with Gasteiger partial charge >= 0.3 is 5.97 Å². The zero-order chi connectivity index (χ0) is 9.59. The normalized spacial score (nSPS) is 10.9. The Morgan fingerprint density at radius 1 is 1.38 bits per heavy atom. The van der Waals surface area contributed by atoms with Crippen LogP contribution in [0, 0.1) is 0 Å². The number of aromatic carboxylic acids is 1. The molecule has 2 heterocycles. The minimum atomic E-state index is -0.991. The van der Waals surface area contributed by atoms with Gasteiger partial charge in [0, 0.05) is 5.39 Å². The Labute approximate surface area is 91.3 Å². The van der Waals surface area contributed by atoms with Gasteiger partial charge in [-0.15, -0.1) is 22.7 Å². The number of fused-ring (bicyclic) bond motifs is 1. The number of rotatable bonds is 1. The zero-order valence-electron chi connectivity index (χ0n) is 6.01. The molecule has 2 aromatic rings. The van der Waals surface area contributed by atoms with E-state index in [0.29, 0.717) is 4.34 Å². The molecule has 0 saturated heterocycles. The van der Waals surface area contributed by atoms with Crippen LogP contribution in [-0.4, -0.2) is 11.1 Å². The van der Waals surface area contributed by atoms with Gasteiger partial charge in [-0.2, -0.15) is 0 Å². The molecule has 0 spiro atoms. The van der Waals surface area contributed by atoms with Gasteiger partial charge in [0.25, 0.3) is 0 Å². The Morgan fingerprint density at radius 2 is 2.08 bits per heavy atom. The van der Waals surface area contributed by atoms with E-state index in [2.05, 4.69) is 0 Å². The summed E-state index contributed by atoms with van der Waals surface area (Å²) in [6.45, 7) is 0. The van der Waals surface area contributed by atoms with Gasteiger partial charge in [0.2, 0.25) is 0 Å². The van der Waals surface area contributed by atoms with Crippen LogP contribution in [0.4, 0.5) is 0 Å². The number of thiophene rings is 2. The molecule has 0 aliphatic carbocycles. The quantitative estimate of drug-likeness (QED) is 0.834. The molecule has 13 heavy (non-hydrogen) atoms. The van der Waals surface area contributed by atoms with E-state index in [9.17, 15) is 4.79 Å². The Kier molecular flexibility index (Phi) is 2.23. The highest BCUT2D eigenvalue weighted by Gasteiger charge is 2.17. The standard InChI is InChI=1S/C7H2Cl2O2S2/c8-3-1-2-4(9)5(6(10)11)13-7(2)12-3/h1H,(H,10,11). The summed E-state index contributed by atoms with van der Waals surface area (Å²) in [5.74, 6) is -0.991. The van der Waals surface area contributed by atoms with Gasteiger partial charge in [-0.25, -0.2) is 4.79 Å². The molecule has 0 aliphatic heterocycles. The maximum atomic E-state index is 10.7. The van der Waals surface area contributed by atoms with Crippen molar-refractivity contribution in [1.82, 2.24) is 0 Å². The molecule has 6 heteroatoms. The number of hydrogen-bond acceptors (Lipinski definition) is 3. The van der Waals surface area contributed by atoms with E-state index in [1.165, 1.54) is 11.3 Å². The molecule has 0 unspecified atom stereocenters. The van der Waals surface area contributed by atoms with Crippen LogP contribution in [0.1, 0.15) is 9.67 Å².